The zero-order valence-corrected chi connectivity index (χ0v) is 20.7. The molecule has 0 radical (unpaired) electrons. The minimum Gasteiger partial charge on any atom is -0.497 e. The van der Waals surface area contributed by atoms with Crippen molar-refractivity contribution in [3.63, 3.8) is 0 Å². The highest BCUT2D eigenvalue weighted by Crippen LogP contribution is 2.30. The van der Waals surface area contributed by atoms with E-state index in [0.717, 1.165) is 62.9 Å². The number of nitrogens with zero attached hydrogens (tertiary/aromatic N) is 4. The van der Waals surface area contributed by atoms with Gasteiger partial charge in [0.15, 0.2) is 0 Å². The Morgan fingerprint density at radius 3 is 2.51 bits per heavy atom. The maximum absolute atomic E-state index is 13.9. The molecule has 1 amide bonds. The van der Waals surface area contributed by atoms with E-state index in [1.807, 2.05) is 29.2 Å². The number of hydrogen-bond donors (Lipinski definition) is 0. The Hall–Kier alpha value is -3.35. The summed E-state index contributed by atoms with van der Waals surface area (Å²) in [4.78, 5) is 22.9. The largest absolute Gasteiger partial charge is 0.497 e. The first-order chi connectivity index (χ1) is 17.1. The second kappa shape index (κ2) is 10.5. The van der Waals surface area contributed by atoms with E-state index in [4.69, 9.17) is 9.26 Å². The maximum atomic E-state index is 13.9. The Bertz CT molecular complexity index is 1120. The van der Waals surface area contributed by atoms with Crippen molar-refractivity contribution in [3.8, 4) is 17.1 Å². The molecule has 7 nitrogen and oxygen atoms in total. The van der Waals surface area contributed by atoms with Gasteiger partial charge in [0, 0.05) is 30.4 Å². The van der Waals surface area contributed by atoms with Crippen LogP contribution in [0.15, 0.2) is 53.1 Å². The topological polar surface area (TPSA) is 71.7 Å². The molecule has 0 bridgehead atoms. The lowest BCUT2D eigenvalue weighted by Gasteiger charge is -2.37. The molecule has 0 unspecified atom stereocenters. The number of amides is 1. The predicted molar refractivity (Wildman–Crippen MR) is 135 cm³/mol. The number of piperidine rings is 1. The molecular weight excluding hydrogens is 440 g/mol. The van der Waals surface area contributed by atoms with Crippen molar-refractivity contribution >= 4 is 11.6 Å². The second-order valence-electron chi connectivity index (χ2n) is 9.77. The summed E-state index contributed by atoms with van der Waals surface area (Å²) in [5, 5.41) is 4.18. The Balaban J connectivity index is 1.31. The van der Waals surface area contributed by atoms with Gasteiger partial charge in [0.2, 0.25) is 17.6 Å². The van der Waals surface area contributed by atoms with E-state index in [1.54, 1.807) is 7.11 Å². The van der Waals surface area contributed by atoms with Crippen LogP contribution in [0.3, 0.4) is 0 Å². The van der Waals surface area contributed by atoms with Crippen molar-refractivity contribution in [1.29, 1.82) is 0 Å². The normalized spacial score (nSPS) is 18.6. The lowest BCUT2D eigenvalue weighted by atomic mass is 9.95. The first-order valence-corrected chi connectivity index (χ1v) is 12.7. The van der Waals surface area contributed by atoms with E-state index in [1.165, 1.54) is 11.3 Å². The molecule has 1 aromatic heterocycles. The van der Waals surface area contributed by atoms with E-state index in [9.17, 15) is 4.79 Å². The number of rotatable bonds is 7. The minimum atomic E-state index is -0.0189. The lowest BCUT2D eigenvalue weighted by Crippen LogP contribution is -2.47. The van der Waals surface area contributed by atoms with Gasteiger partial charge in [-0.15, -0.1) is 0 Å². The molecule has 2 heterocycles. The van der Waals surface area contributed by atoms with Crippen molar-refractivity contribution in [2.24, 2.45) is 5.92 Å². The number of aromatic nitrogens is 2. The molecule has 1 aliphatic heterocycles. The number of methoxy groups -OCH3 is 1. The van der Waals surface area contributed by atoms with Crippen LogP contribution in [-0.2, 0) is 11.3 Å². The molecule has 5 rings (SSSR count). The quantitative estimate of drug-likeness (QED) is 0.466. The van der Waals surface area contributed by atoms with Gasteiger partial charge in [-0.2, -0.15) is 4.98 Å². The van der Waals surface area contributed by atoms with Crippen molar-refractivity contribution < 1.29 is 14.1 Å². The van der Waals surface area contributed by atoms with Crippen LogP contribution in [0.2, 0.25) is 0 Å². The van der Waals surface area contributed by atoms with Crippen LogP contribution in [0.25, 0.3) is 11.4 Å². The second-order valence-corrected chi connectivity index (χ2v) is 9.77. The third-order valence-electron chi connectivity index (χ3n) is 7.34. The molecule has 0 spiro atoms. The van der Waals surface area contributed by atoms with E-state index in [-0.39, 0.29) is 17.9 Å². The number of ether oxygens (including phenoxy) is 1. The van der Waals surface area contributed by atoms with E-state index in [0.29, 0.717) is 18.3 Å². The molecule has 7 heteroatoms. The Kier molecular flexibility index (Phi) is 7.02. The highest BCUT2D eigenvalue weighted by molar-refractivity contribution is 5.80. The van der Waals surface area contributed by atoms with Gasteiger partial charge in [-0.3, -0.25) is 4.79 Å². The van der Waals surface area contributed by atoms with Crippen molar-refractivity contribution in [3.05, 3.63) is 60.0 Å². The molecule has 1 atom stereocenters. The number of benzene rings is 2. The van der Waals surface area contributed by atoms with Gasteiger partial charge >= 0.3 is 0 Å². The molecule has 184 valence electrons. The molecular formula is C28H34N4O3. The van der Waals surface area contributed by atoms with Crippen LogP contribution < -0.4 is 9.64 Å². The average Bonchev–Trinajstić information content (AvgIpc) is 3.60. The highest BCUT2D eigenvalue weighted by atomic mass is 16.5. The molecule has 1 aliphatic carbocycles. The molecule has 1 saturated carbocycles. The number of carbonyl (C=O) groups excluding carboxylic acids is 1. The number of aryl methyl sites for hydroxylation is 1. The Labute approximate surface area is 207 Å². The van der Waals surface area contributed by atoms with E-state index < -0.39 is 0 Å². The van der Waals surface area contributed by atoms with E-state index >= 15 is 0 Å². The Morgan fingerprint density at radius 2 is 1.80 bits per heavy atom. The summed E-state index contributed by atoms with van der Waals surface area (Å²) in [6.45, 7) is 4.22. The van der Waals surface area contributed by atoms with Crippen molar-refractivity contribution in [2.45, 2.75) is 58.0 Å². The zero-order valence-electron chi connectivity index (χ0n) is 20.7. The third kappa shape index (κ3) is 5.34. The number of anilines is 1. The maximum Gasteiger partial charge on any atom is 0.246 e. The van der Waals surface area contributed by atoms with Gasteiger partial charge in [-0.25, -0.2) is 0 Å². The van der Waals surface area contributed by atoms with Gasteiger partial charge in [0.1, 0.15) is 12.3 Å². The molecule has 2 aliphatic rings. The van der Waals surface area contributed by atoms with Gasteiger partial charge in [0.05, 0.1) is 13.0 Å². The van der Waals surface area contributed by atoms with E-state index in [2.05, 4.69) is 46.2 Å². The standard InChI is InChI=1S/C28H34N4O3/c1-20-9-13-23(14-10-20)31-17-5-6-22(18-31)28(33)32(24-7-3-4-8-24)19-26-29-27(30-35-26)21-11-15-25(34-2)16-12-21/h9-16,22,24H,3-8,17-19H2,1-2H3/t22-/m0/s1. The van der Waals surface area contributed by atoms with Gasteiger partial charge in [-0.05, 0) is 69.0 Å². The summed E-state index contributed by atoms with van der Waals surface area (Å²) in [6, 6.07) is 16.4. The first-order valence-electron chi connectivity index (χ1n) is 12.7. The average molecular weight is 475 g/mol. The first kappa shape index (κ1) is 23.4. The summed E-state index contributed by atoms with van der Waals surface area (Å²) in [5.74, 6) is 2.00. The fourth-order valence-corrected chi connectivity index (χ4v) is 5.33. The number of hydrogen-bond acceptors (Lipinski definition) is 6. The van der Waals surface area contributed by atoms with Crippen LogP contribution in [-0.4, -0.2) is 47.2 Å². The van der Waals surface area contributed by atoms with Gasteiger partial charge in [0.25, 0.3) is 0 Å². The Morgan fingerprint density at radius 1 is 1.06 bits per heavy atom. The number of carbonyl (C=O) groups is 1. The highest BCUT2D eigenvalue weighted by Gasteiger charge is 2.35. The molecule has 0 N–H and O–H groups in total. The summed E-state index contributed by atoms with van der Waals surface area (Å²) >= 11 is 0. The fraction of sp³-hybridized carbons (Fsp3) is 0.464. The third-order valence-corrected chi connectivity index (χ3v) is 7.34. The van der Waals surface area contributed by atoms with Crippen molar-refractivity contribution in [1.82, 2.24) is 15.0 Å². The molecule has 35 heavy (non-hydrogen) atoms. The molecule has 2 aromatic carbocycles. The molecule has 1 saturated heterocycles. The summed E-state index contributed by atoms with van der Waals surface area (Å²) in [5.41, 5.74) is 3.31. The zero-order chi connectivity index (χ0) is 24.2. The van der Waals surface area contributed by atoms with Crippen LogP contribution in [0.1, 0.15) is 50.0 Å². The minimum absolute atomic E-state index is 0.0189. The van der Waals surface area contributed by atoms with Crippen molar-refractivity contribution in [2.75, 3.05) is 25.1 Å². The van der Waals surface area contributed by atoms with Gasteiger partial charge < -0.3 is 19.1 Å². The van der Waals surface area contributed by atoms with Crippen LogP contribution in [0, 0.1) is 12.8 Å². The molecule has 2 fully saturated rings. The monoisotopic (exact) mass is 474 g/mol. The van der Waals surface area contributed by atoms with Crippen LogP contribution in [0.5, 0.6) is 5.75 Å². The fourth-order valence-electron chi connectivity index (χ4n) is 5.33. The smallest absolute Gasteiger partial charge is 0.246 e. The van der Waals surface area contributed by atoms with Gasteiger partial charge in [-0.1, -0.05) is 35.7 Å². The predicted octanol–water partition coefficient (Wildman–Crippen LogP) is 5.24. The lowest BCUT2D eigenvalue weighted by molar-refractivity contribution is -0.139. The van der Waals surface area contributed by atoms with Crippen LogP contribution >= 0.6 is 0 Å². The summed E-state index contributed by atoms with van der Waals surface area (Å²) in [7, 11) is 1.64. The van der Waals surface area contributed by atoms with Crippen LogP contribution in [0.4, 0.5) is 5.69 Å². The molecule has 3 aromatic rings. The SMILES string of the molecule is COc1ccc(-c2noc(CN(C(=O)[C@H]3CCCN(c4ccc(C)cc4)C3)C3CCCC3)n2)cc1. The summed E-state index contributed by atoms with van der Waals surface area (Å²) < 4.78 is 10.8. The summed E-state index contributed by atoms with van der Waals surface area (Å²) in [6.07, 6.45) is 6.35.